The summed E-state index contributed by atoms with van der Waals surface area (Å²) in [4.78, 5) is 0. The Morgan fingerprint density at radius 3 is 1.94 bits per heavy atom. The summed E-state index contributed by atoms with van der Waals surface area (Å²) in [5.74, 6) is 2.42. The fourth-order valence-corrected chi connectivity index (χ4v) is 2.19. The maximum Gasteiger partial charge on any atom is -0.00227 e. The quantitative estimate of drug-likeness (QED) is 0.694. The van der Waals surface area contributed by atoms with E-state index in [1.165, 1.54) is 31.5 Å². The van der Waals surface area contributed by atoms with E-state index >= 15 is 0 Å². The molecule has 0 radical (unpaired) electrons. The van der Waals surface area contributed by atoms with Crippen molar-refractivity contribution in [1.29, 1.82) is 0 Å². The average molecular weight is 241 g/mol. The molecule has 0 aromatic carbocycles. The van der Waals surface area contributed by atoms with Crippen molar-refractivity contribution in [3.05, 3.63) is 12.2 Å². The summed E-state index contributed by atoms with van der Waals surface area (Å²) < 4.78 is 0. The maximum atomic E-state index is 3.95. The number of nitrogens with one attached hydrogen (secondary N) is 1. The van der Waals surface area contributed by atoms with Crippen LogP contribution in [-0.2, 0) is 0 Å². The van der Waals surface area contributed by atoms with Gasteiger partial charge in [0.25, 0.3) is 0 Å². The zero-order valence-electron chi connectivity index (χ0n) is 13.3. The Kier molecular flexibility index (Phi) is 13.6. The van der Waals surface area contributed by atoms with Gasteiger partial charge in [-0.15, -0.1) is 0 Å². The lowest BCUT2D eigenvalue weighted by Gasteiger charge is -2.18. The summed E-state index contributed by atoms with van der Waals surface area (Å²) in [5.41, 5.74) is 1.33. The van der Waals surface area contributed by atoms with Gasteiger partial charge in [-0.1, -0.05) is 53.7 Å². The van der Waals surface area contributed by atoms with E-state index in [4.69, 9.17) is 0 Å². The van der Waals surface area contributed by atoms with E-state index in [1.54, 1.807) is 0 Å². The molecule has 1 fully saturated rings. The summed E-state index contributed by atoms with van der Waals surface area (Å²) in [6.07, 6.45) is 2.60. The Balaban J connectivity index is 0. The molecule has 104 valence electrons. The zero-order chi connectivity index (χ0) is 13.8. The predicted molar refractivity (Wildman–Crippen MR) is 81.4 cm³/mol. The lowest BCUT2D eigenvalue weighted by Crippen LogP contribution is -2.07. The number of rotatable bonds is 3. The minimum absolute atomic E-state index is 0.727. The van der Waals surface area contributed by atoms with Crippen LogP contribution in [0.1, 0.15) is 61.3 Å². The maximum absolute atomic E-state index is 3.95. The van der Waals surface area contributed by atoms with E-state index in [0.717, 1.165) is 17.8 Å². The summed E-state index contributed by atoms with van der Waals surface area (Å²) in [7, 11) is 0. The summed E-state index contributed by atoms with van der Waals surface area (Å²) in [6, 6.07) is 0. The topological polar surface area (TPSA) is 12.0 Å². The van der Waals surface area contributed by atoms with Crippen LogP contribution in [0.3, 0.4) is 0 Å². The second-order valence-corrected chi connectivity index (χ2v) is 5.20. The molecular weight excluding hydrogens is 206 g/mol. The van der Waals surface area contributed by atoms with Gasteiger partial charge < -0.3 is 5.32 Å². The Hall–Kier alpha value is -0.300. The van der Waals surface area contributed by atoms with E-state index in [9.17, 15) is 0 Å². The molecule has 0 aromatic rings. The van der Waals surface area contributed by atoms with Crippen molar-refractivity contribution in [2.45, 2.75) is 61.3 Å². The van der Waals surface area contributed by atoms with Crippen molar-refractivity contribution in [2.24, 2.45) is 17.8 Å². The summed E-state index contributed by atoms with van der Waals surface area (Å²) in [5, 5.41) is 3.27. The molecule has 1 aliphatic heterocycles. The standard InChI is InChI=1S/C9H18.C5H11N.C2H6/c1-6-9(7(2)3)8(4)5;1-5-2-3-6-4-5;1-2/h8-9H,2,6H2,1,3-5H3;5-6H,2-4H2,1H3;1-2H3/t;5-;/m.1./s1. The van der Waals surface area contributed by atoms with Gasteiger partial charge in [-0.3, -0.25) is 0 Å². The van der Waals surface area contributed by atoms with E-state index in [2.05, 4.69) is 46.5 Å². The van der Waals surface area contributed by atoms with Crippen LogP contribution < -0.4 is 5.32 Å². The van der Waals surface area contributed by atoms with Gasteiger partial charge in [-0.05, 0) is 50.6 Å². The van der Waals surface area contributed by atoms with Gasteiger partial charge in [0.2, 0.25) is 0 Å². The first-order chi connectivity index (χ1) is 7.99. The molecule has 0 spiro atoms. The van der Waals surface area contributed by atoms with Gasteiger partial charge in [0.15, 0.2) is 0 Å². The molecule has 1 saturated heterocycles. The third-order valence-corrected chi connectivity index (χ3v) is 3.18. The van der Waals surface area contributed by atoms with Crippen LogP contribution in [0.2, 0.25) is 0 Å². The first-order valence-electron chi connectivity index (χ1n) is 7.35. The highest BCUT2D eigenvalue weighted by molar-refractivity contribution is 4.96. The van der Waals surface area contributed by atoms with E-state index in [0.29, 0.717) is 0 Å². The number of hydrogen-bond donors (Lipinski definition) is 1. The third kappa shape index (κ3) is 10.6. The van der Waals surface area contributed by atoms with E-state index in [1.807, 2.05) is 13.8 Å². The van der Waals surface area contributed by atoms with Crippen LogP contribution in [0.15, 0.2) is 12.2 Å². The van der Waals surface area contributed by atoms with Crippen molar-refractivity contribution in [1.82, 2.24) is 5.32 Å². The molecule has 0 saturated carbocycles. The normalized spacial score (nSPS) is 19.9. The SMILES string of the molecule is C=C(C)C(CC)C(C)C.CC.C[C@@H]1CCNC1. The van der Waals surface area contributed by atoms with Gasteiger partial charge in [0.05, 0.1) is 0 Å². The molecule has 1 N–H and O–H groups in total. The molecule has 1 heterocycles. The minimum atomic E-state index is 0.727. The van der Waals surface area contributed by atoms with Gasteiger partial charge in [-0.2, -0.15) is 0 Å². The second kappa shape index (κ2) is 12.2. The number of allylic oxidation sites excluding steroid dienone is 1. The first-order valence-corrected chi connectivity index (χ1v) is 7.35. The first kappa shape index (κ1) is 19.0. The van der Waals surface area contributed by atoms with Crippen LogP contribution in [-0.4, -0.2) is 13.1 Å². The molecule has 1 rings (SSSR count). The van der Waals surface area contributed by atoms with Crippen molar-refractivity contribution >= 4 is 0 Å². The lowest BCUT2D eigenvalue weighted by molar-refractivity contribution is 0.432. The highest BCUT2D eigenvalue weighted by Crippen LogP contribution is 2.21. The van der Waals surface area contributed by atoms with E-state index in [-0.39, 0.29) is 0 Å². The Labute approximate surface area is 110 Å². The van der Waals surface area contributed by atoms with Crippen molar-refractivity contribution < 1.29 is 0 Å². The van der Waals surface area contributed by atoms with Crippen LogP contribution in [0.5, 0.6) is 0 Å². The molecule has 1 unspecified atom stereocenters. The minimum Gasteiger partial charge on any atom is -0.316 e. The summed E-state index contributed by atoms with van der Waals surface area (Å²) >= 11 is 0. The molecular formula is C16H35N. The van der Waals surface area contributed by atoms with Crippen LogP contribution in [0, 0.1) is 17.8 Å². The van der Waals surface area contributed by atoms with Crippen molar-refractivity contribution in [3.63, 3.8) is 0 Å². The third-order valence-electron chi connectivity index (χ3n) is 3.18. The molecule has 0 amide bonds. The molecule has 1 aliphatic rings. The molecule has 0 aromatic heterocycles. The van der Waals surface area contributed by atoms with E-state index < -0.39 is 0 Å². The molecule has 0 aliphatic carbocycles. The fraction of sp³-hybridized carbons (Fsp3) is 0.875. The molecule has 0 bridgehead atoms. The Morgan fingerprint density at radius 2 is 1.88 bits per heavy atom. The van der Waals surface area contributed by atoms with Crippen LogP contribution in [0.25, 0.3) is 0 Å². The fourth-order valence-electron chi connectivity index (χ4n) is 2.19. The highest BCUT2D eigenvalue weighted by atomic mass is 14.9. The van der Waals surface area contributed by atoms with Gasteiger partial charge in [-0.25, -0.2) is 0 Å². The van der Waals surface area contributed by atoms with Crippen LogP contribution in [0.4, 0.5) is 0 Å². The molecule has 1 nitrogen and oxygen atoms in total. The summed E-state index contributed by atoms with van der Waals surface area (Å²) in [6.45, 7) is 21.5. The molecule has 2 atom stereocenters. The monoisotopic (exact) mass is 241 g/mol. The van der Waals surface area contributed by atoms with Crippen LogP contribution >= 0.6 is 0 Å². The smallest absolute Gasteiger partial charge is 0.00227 e. The largest absolute Gasteiger partial charge is 0.316 e. The Morgan fingerprint density at radius 1 is 1.35 bits per heavy atom. The Bertz CT molecular complexity index is 166. The number of hydrogen-bond acceptors (Lipinski definition) is 1. The average Bonchev–Trinajstić information content (AvgIpc) is 2.73. The van der Waals surface area contributed by atoms with Gasteiger partial charge in [0, 0.05) is 0 Å². The van der Waals surface area contributed by atoms with Gasteiger partial charge in [0.1, 0.15) is 0 Å². The second-order valence-electron chi connectivity index (χ2n) is 5.20. The van der Waals surface area contributed by atoms with Crippen molar-refractivity contribution in [3.8, 4) is 0 Å². The van der Waals surface area contributed by atoms with Crippen molar-refractivity contribution in [2.75, 3.05) is 13.1 Å². The van der Waals surface area contributed by atoms with Gasteiger partial charge >= 0.3 is 0 Å². The lowest BCUT2D eigenvalue weighted by atomic mass is 9.88. The zero-order valence-corrected chi connectivity index (χ0v) is 13.3. The predicted octanol–water partition coefficient (Wildman–Crippen LogP) is 4.89. The molecule has 17 heavy (non-hydrogen) atoms. The highest BCUT2D eigenvalue weighted by Gasteiger charge is 2.10. The molecule has 1 heteroatoms.